The summed E-state index contributed by atoms with van der Waals surface area (Å²) >= 11 is 5.99. The van der Waals surface area contributed by atoms with Crippen molar-refractivity contribution in [3.05, 3.63) is 94.8 Å². The van der Waals surface area contributed by atoms with Crippen LogP contribution in [0.4, 0.5) is 0 Å². The van der Waals surface area contributed by atoms with Crippen molar-refractivity contribution in [2.75, 3.05) is 6.61 Å². The molecule has 31 heavy (non-hydrogen) atoms. The predicted molar refractivity (Wildman–Crippen MR) is 121 cm³/mol. The van der Waals surface area contributed by atoms with Crippen molar-refractivity contribution < 1.29 is 14.3 Å². The molecular formula is C25H17ClN2O3. The summed E-state index contributed by atoms with van der Waals surface area (Å²) in [6.45, 7) is 2.00. The number of benzene rings is 2. The van der Waals surface area contributed by atoms with Gasteiger partial charge in [0.2, 0.25) is 5.78 Å². The van der Waals surface area contributed by atoms with Gasteiger partial charge in [-0.2, -0.15) is 0 Å². The lowest BCUT2D eigenvalue weighted by Gasteiger charge is -2.10. The van der Waals surface area contributed by atoms with Gasteiger partial charge in [0.25, 0.3) is 0 Å². The molecule has 0 saturated heterocycles. The number of ketones is 1. The van der Waals surface area contributed by atoms with Crippen molar-refractivity contribution in [3.8, 4) is 0 Å². The van der Waals surface area contributed by atoms with Gasteiger partial charge in [0.15, 0.2) is 0 Å². The number of ether oxygens (including phenoxy) is 1. The smallest absolute Gasteiger partial charge is 0.340 e. The molecule has 0 aliphatic heterocycles. The normalized spacial score (nSPS) is 11.3. The van der Waals surface area contributed by atoms with Crippen LogP contribution in [0.3, 0.4) is 0 Å². The second-order valence-electron chi connectivity index (χ2n) is 7.12. The third-order valence-corrected chi connectivity index (χ3v) is 5.58. The molecule has 6 heteroatoms. The SMILES string of the molecule is CCOC(=O)c1cc(C(=O)c2ccc(Cl)cc2)n2c1ccc1c3cccnc3ccc12. The first kappa shape index (κ1) is 19.3. The number of hydrogen-bond acceptors (Lipinski definition) is 4. The highest BCUT2D eigenvalue weighted by atomic mass is 35.5. The van der Waals surface area contributed by atoms with E-state index in [0.29, 0.717) is 27.4 Å². The number of carbonyl (C=O) groups is 2. The summed E-state index contributed by atoms with van der Waals surface area (Å²) < 4.78 is 7.07. The quantitative estimate of drug-likeness (QED) is 0.209. The van der Waals surface area contributed by atoms with Crippen molar-refractivity contribution in [1.82, 2.24) is 9.38 Å². The zero-order valence-electron chi connectivity index (χ0n) is 16.6. The van der Waals surface area contributed by atoms with Crippen LogP contribution in [0.2, 0.25) is 5.02 Å². The second kappa shape index (κ2) is 7.52. The first-order valence-corrected chi connectivity index (χ1v) is 10.3. The van der Waals surface area contributed by atoms with Gasteiger partial charge >= 0.3 is 5.97 Å². The van der Waals surface area contributed by atoms with Gasteiger partial charge in [-0.25, -0.2) is 4.79 Å². The Morgan fingerprint density at radius 1 is 0.968 bits per heavy atom. The fraction of sp³-hybridized carbons (Fsp3) is 0.0800. The molecule has 0 aliphatic carbocycles. The molecule has 0 radical (unpaired) electrons. The molecule has 0 amide bonds. The number of halogens is 1. The molecule has 5 rings (SSSR count). The minimum Gasteiger partial charge on any atom is -0.462 e. The van der Waals surface area contributed by atoms with Crippen LogP contribution < -0.4 is 0 Å². The predicted octanol–water partition coefficient (Wildman–Crippen LogP) is 5.70. The Balaban J connectivity index is 1.85. The van der Waals surface area contributed by atoms with Crippen LogP contribution in [0.25, 0.3) is 27.3 Å². The lowest BCUT2D eigenvalue weighted by Crippen LogP contribution is -2.05. The maximum atomic E-state index is 13.4. The number of fused-ring (bicyclic) bond motifs is 5. The monoisotopic (exact) mass is 428 g/mol. The van der Waals surface area contributed by atoms with E-state index in [1.54, 1.807) is 43.5 Å². The summed E-state index contributed by atoms with van der Waals surface area (Å²) in [5, 5.41) is 2.46. The molecule has 0 aliphatic rings. The van der Waals surface area contributed by atoms with Crippen LogP contribution in [-0.4, -0.2) is 27.7 Å². The van der Waals surface area contributed by atoms with Gasteiger partial charge in [0.05, 0.1) is 34.4 Å². The van der Waals surface area contributed by atoms with E-state index in [9.17, 15) is 9.59 Å². The third-order valence-electron chi connectivity index (χ3n) is 5.33. The van der Waals surface area contributed by atoms with Gasteiger partial charge in [0, 0.05) is 27.6 Å². The molecular weight excluding hydrogens is 412 g/mol. The molecule has 0 atom stereocenters. The number of carbonyl (C=O) groups excluding carboxylic acids is 2. The number of aromatic nitrogens is 2. The Bertz CT molecular complexity index is 1490. The summed E-state index contributed by atoms with van der Waals surface area (Å²) in [5.41, 5.74) is 3.51. The van der Waals surface area contributed by atoms with Crippen LogP contribution in [0.15, 0.2) is 72.9 Å². The zero-order valence-corrected chi connectivity index (χ0v) is 17.4. The van der Waals surface area contributed by atoms with Crippen molar-refractivity contribution in [2.24, 2.45) is 0 Å². The standard InChI is InChI=1S/C25H17ClN2O3/c1-2-31-25(30)19-14-23(24(29)15-5-7-16(26)8-6-15)28-21-12-10-20-17(4-3-13-27-20)18(21)9-11-22(19)28/h3-14H,2H2,1H3. The summed E-state index contributed by atoms with van der Waals surface area (Å²) in [6.07, 6.45) is 1.75. The van der Waals surface area contributed by atoms with Crippen LogP contribution in [0.5, 0.6) is 0 Å². The molecule has 0 fully saturated rings. The molecule has 3 heterocycles. The fourth-order valence-corrected chi connectivity index (χ4v) is 4.06. The van der Waals surface area contributed by atoms with Gasteiger partial charge in [-0.05, 0) is 61.5 Å². The topological polar surface area (TPSA) is 60.7 Å². The van der Waals surface area contributed by atoms with Crippen LogP contribution in [-0.2, 0) is 4.74 Å². The molecule has 5 aromatic rings. The van der Waals surface area contributed by atoms with E-state index in [-0.39, 0.29) is 12.4 Å². The highest BCUT2D eigenvalue weighted by Gasteiger charge is 2.23. The van der Waals surface area contributed by atoms with Crippen molar-refractivity contribution in [2.45, 2.75) is 6.92 Å². The average Bonchev–Trinajstić information content (AvgIpc) is 3.19. The molecule has 3 aromatic heterocycles. The van der Waals surface area contributed by atoms with Crippen LogP contribution in [0, 0.1) is 0 Å². The van der Waals surface area contributed by atoms with Crippen molar-refractivity contribution in [1.29, 1.82) is 0 Å². The number of rotatable bonds is 4. The number of hydrogen-bond donors (Lipinski definition) is 0. The van der Waals surface area contributed by atoms with Gasteiger partial charge < -0.3 is 9.14 Å². The molecule has 0 unspecified atom stereocenters. The Labute approximate surface area is 182 Å². The highest BCUT2D eigenvalue weighted by Crippen LogP contribution is 2.30. The number of esters is 1. The van der Waals surface area contributed by atoms with E-state index in [1.165, 1.54) is 0 Å². The number of pyridine rings is 2. The van der Waals surface area contributed by atoms with E-state index in [0.717, 1.165) is 21.8 Å². The summed E-state index contributed by atoms with van der Waals surface area (Å²) in [5.74, 6) is -0.669. The van der Waals surface area contributed by atoms with E-state index < -0.39 is 5.97 Å². The van der Waals surface area contributed by atoms with E-state index in [1.807, 2.05) is 40.8 Å². The lowest BCUT2D eigenvalue weighted by molar-refractivity contribution is 0.0529. The Morgan fingerprint density at radius 3 is 2.52 bits per heavy atom. The summed E-state index contributed by atoms with van der Waals surface area (Å²) in [4.78, 5) is 30.5. The van der Waals surface area contributed by atoms with Gasteiger partial charge in [-0.15, -0.1) is 0 Å². The van der Waals surface area contributed by atoms with Crippen LogP contribution in [0.1, 0.15) is 33.3 Å². The zero-order chi connectivity index (χ0) is 21.5. The third kappa shape index (κ3) is 3.14. The minimum absolute atomic E-state index is 0.207. The van der Waals surface area contributed by atoms with E-state index in [4.69, 9.17) is 16.3 Å². The Hall–Kier alpha value is -3.70. The average molecular weight is 429 g/mol. The van der Waals surface area contributed by atoms with E-state index >= 15 is 0 Å². The molecule has 5 nitrogen and oxygen atoms in total. The van der Waals surface area contributed by atoms with E-state index in [2.05, 4.69) is 4.98 Å². The maximum Gasteiger partial charge on any atom is 0.340 e. The van der Waals surface area contributed by atoms with Crippen molar-refractivity contribution >= 4 is 50.7 Å². The van der Waals surface area contributed by atoms with Gasteiger partial charge in [-0.1, -0.05) is 23.7 Å². The van der Waals surface area contributed by atoms with Crippen LogP contribution >= 0.6 is 11.6 Å². The summed E-state index contributed by atoms with van der Waals surface area (Å²) in [6, 6.07) is 19.8. The molecule has 152 valence electrons. The van der Waals surface area contributed by atoms with Gasteiger partial charge in [0.1, 0.15) is 0 Å². The molecule has 0 saturated carbocycles. The summed E-state index contributed by atoms with van der Waals surface area (Å²) in [7, 11) is 0. The lowest BCUT2D eigenvalue weighted by atomic mass is 10.1. The minimum atomic E-state index is -0.461. The molecule has 0 N–H and O–H groups in total. The molecule has 0 spiro atoms. The number of nitrogens with zero attached hydrogens (tertiary/aromatic N) is 2. The highest BCUT2D eigenvalue weighted by molar-refractivity contribution is 6.30. The van der Waals surface area contributed by atoms with Gasteiger partial charge in [-0.3, -0.25) is 9.78 Å². The fourth-order valence-electron chi connectivity index (χ4n) is 3.93. The Kier molecular flexibility index (Phi) is 4.68. The second-order valence-corrected chi connectivity index (χ2v) is 7.56. The first-order chi connectivity index (χ1) is 15.1. The maximum absolute atomic E-state index is 13.4. The largest absolute Gasteiger partial charge is 0.462 e. The Morgan fingerprint density at radius 2 is 1.74 bits per heavy atom. The first-order valence-electron chi connectivity index (χ1n) is 9.88. The molecule has 0 bridgehead atoms. The van der Waals surface area contributed by atoms with Crippen molar-refractivity contribution in [3.63, 3.8) is 0 Å². The molecule has 2 aromatic carbocycles.